The highest BCUT2D eigenvalue weighted by atomic mass is 16.6. The number of nitrogens with one attached hydrogen (secondary N) is 1. The molecule has 1 aromatic heterocycles. The molecule has 0 spiro atoms. The summed E-state index contributed by atoms with van der Waals surface area (Å²) in [5.41, 5.74) is 1.86. The molecule has 2 aromatic carbocycles. The molecule has 1 amide bonds. The van der Waals surface area contributed by atoms with Crippen molar-refractivity contribution < 1.29 is 9.72 Å². The second kappa shape index (κ2) is 9.68. The van der Waals surface area contributed by atoms with E-state index in [1.54, 1.807) is 16.9 Å². The van der Waals surface area contributed by atoms with Gasteiger partial charge in [-0.05, 0) is 31.5 Å². The van der Waals surface area contributed by atoms with E-state index in [0.29, 0.717) is 18.6 Å². The molecule has 0 aliphatic heterocycles. The van der Waals surface area contributed by atoms with Crippen LogP contribution in [0.2, 0.25) is 0 Å². The van der Waals surface area contributed by atoms with Gasteiger partial charge < -0.3 is 10.2 Å². The van der Waals surface area contributed by atoms with Gasteiger partial charge in [-0.2, -0.15) is 5.10 Å². The van der Waals surface area contributed by atoms with Crippen LogP contribution < -0.4 is 10.2 Å². The molecule has 0 aliphatic carbocycles. The summed E-state index contributed by atoms with van der Waals surface area (Å²) in [6.07, 6.45) is 2.78. The van der Waals surface area contributed by atoms with E-state index in [-0.39, 0.29) is 18.0 Å². The van der Waals surface area contributed by atoms with Gasteiger partial charge in [-0.3, -0.25) is 19.6 Å². The summed E-state index contributed by atoms with van der Waals surface area (Å²) in [6, 6.07) is 14.8. The van der Waals surface area contributed by atoms with Gasteiger partial charge in [0.05, 0.1) is 23.2 Å². The molecule has 0 aliphatic rings. The Kier molecular flexibility index (Phi) is 6.78. The van der Waals surface area contributed by atoms with Crippen LogP contribution in [-0.2, 0) is 11.3 Å². The predicted molar refractivity (Wildman–Crippen MR) is 113 cm³/mol. The fraction of sp³-hybridized carbons (Fsp3) is 0.333. The quantitative estimate of drug-likeness (QED) is 0.323. The van der Waals surface area contributed by atoms with Crippen LogP contribution in [0.25, 0.3) is 10.9 Å². The van der Waals surface area contributed by atoms with Gasteiger partial charge in [0.1, 0.15) is 0 Å². The second-order valence-corrected chi connectivity index (χ2v) is 6.74. The Balaban J connectivity index is 1.45. The van der Waals surface area contributed by atoms with Crippen LogP contribution in [0.15, 0.2) is 54.7 Å². The molecule has 0 fully saturated rings. The number of carbonyl (C=O) groups excluding carboxylic acids is 1. The van der Waals surface area contributed by atoms with Crippen LogP contribution in [0, 0.1) is 10.1 Å². The van der Waals surface area contributed by atoms with E-state index in [1.807, 2.05) is 18.2 Å². The molecule has 0 atom stereocenters. The summed E-state index contributed by atoms with van der Waals surface area (Å²) in [5.74, 6) is -0.0539. The topological polar surface area (TPSA) is 93.3 Å². The van der Waals surface area contributed by atoms with Crippen molar-refractivity contribution in [2.24, 2.45) is 0 Å². The third-order valence-corrected chi connectivity index (χ3v) is 4.82. The van der Waals surface area contributed by atoms with Crippen LogP contribution in [-0.4, -0.2) is 40.2 Å². The van der Waals surface area contributed by atoms with E-state index in [0.717, 1.165) is 24.9 Å². The SMILES string of the molecule is CCN(CCCNC(=O)CCn1ncc2ccc([N+](=O)[O-])cc21)c1ccccc1. The summed E-state index contributed by atoms with van der Waals surface area (Å²) in [5, 5.41) is 19.0. The first kappa shape index (κ1) is 20.3. The smallest absolute Gasteiger partial charge is 0.271 e. The number of anilines is 1. The van der Waals surface area contributed by atoms with Gasteiger partial charge in [-0.1, -0.05) is 18.2 Å². The molecule has 0 saturated heterocycles. The normalized spacial score (nSPS) is 10.8. The number of nitrogens with zero attached hydrogens (tertiary/aromatic N) is 4. The van der Waals surface area contributed by atoms with Crippen LogP contribution >= 0.6 is 0 Å². The van der Waals surface area contributed by atoms with E-state index in [9.17, 15) is 14.9 Å². The van der Waals surface area contributed by atoms with Crippen LogP contribution in [0.3, 0.4) is 0 Å². The fourth-order valence-corrected chi connectivity index (χ4v) is 3.25. The zero-order valence-corrected chi connectivity index (χ0v) is 16.5. The zero-order chi connectivity index (χ0) is 20.6. The van der Waals surface area contributed by atoms with Gasteiger partial charge in [0.2, 0.25) is 5.91 Å². The second-order valence-electron chi connectivity index (χ2n) is 6.74. The molecule has 1 heterocycles. The van der Waals surface area contributed by atoms with Crippen molar-refractivity contribution in [1.82, 2.24) is 15.1 Å². The van der Waals surface area contributed by atoms with Gasteiger partial charge in [0.15, 0.2) is 0 Å². The number of nitro benzene ring substituents is 1. The number of benzene rings is 2. The number of carbonyl (C=O) groups is 1. The number of fused-ring (bicyclic) bond motifs is 1. The summed E-state index contributed by atoms with van der Waals surface area (Å²) >= 11 is 0. The lowest BCUT2D eigenvalue weighted by Crippen LogP contribution is -2.30. The maximum atomic E-state index is 12.2. The Morgan fingerprint density at radius 2 is 2.03 bits per heavy atom. The van der Waals surface area contributed by atoms with Crippen molar-refractivity contribution in [2.75, 3.05) is 24.5 Å². The average molecular weight is 395 g/mol. The maximum Gasteiger partial charge on any atom is 0.271 e. The molecule has 1 N–H and O–H groups in total. The third kappa shape index (κ3) is 5.31. The molecular formula is C21H25N5O3. The van der Waals surface area contributed by atoms with E-state index in [1.165, 1.54) is 17.8 Å². The number of nitro groups is 1. The largest absolute Gasteiger partial charge is 0.372 e. The maximum absolute atomic E-state index is 12.2. The molecule has 152 valence electrons. The minimum Gasteiger partial charge on any atom is -0.372 e. The third-order valence-electron chi connectivity index (χ3n) is 4.82. The highest BCUT2D eigenvalue weighted by Gasteiger charge is 2.11. The van der Waals surface area contributed by atoms with Crippen LogP contribution in [0.1, 0.15) is 19.8 Å². The standard InChI is InChI=1S/C21H25N5O3/c1-2-24(18-7-4-3-5-8-18)13-6-12-22-21(27)11-14-25-20-15-19(26(28)29)10-9-17(20)16-23-25/h3-5,7-10,15-16H,2,6,11-14H2,1H3,(H,22,27). The molecule has 3 rings (SSSR count). The fourth-order valence-electron chi connectivity index (χ4n) is 3.25. The number of non-ortho nitro benzene ring substituents is 1. The summed E-state index contributed by atoms with van der Waals surface area (Å²) in [6.45, 7) is 4.88. The van der Waals surface area contributed by atoms with Gasteiger partial charge in [0.25, 0.3) is 5.69 Å². The van der Waals surface area contributed by atoms with Gasteiger partial charge in [-0.15, -0.1) is 0 Å². The van der Waals surface area contributed by atoms with Gasteiger partial charge in [0, 0.05) is 49.3 Å². The monoisotopic (exact) mass is 395 g/mol. The number of aryl methyl sites for hydroxylation is 1. The Morgan fingerprint density at radius 3 is 2.76 bits per heavy atom. The lowest BCUT2D eigenvalue weighted by atomic mass is 10.2. The Labute approximate surface area is 169 Å². The molecule has 0 saturated carbocycles. The minimum absolute atomic E-state index is 0.0163. The molecule has 29 heavy (non-hydrogen) atoms. The van der Waals surface area contributed by atoms with E-state index >= 15 is 0 Å². The number of amides is 1. The summed E-state index contributed by atoms with van der Waals surface area (Å²) < 4.78 is 1.64. The van der Waals surface area contributed by atoms with Crippen molar-refractivity contribution in [2.45, 2.75) is 26.3 Å². The number of aromatic nitrogens is 2. The van der Waals surface area contributed by atoms with Crippen molar-refractivity contribution >= 4 is 28.2 Å². The number of hydrogen-bond acceptors (Lipinski definition) is 5. The van der Waals surface area contributed by atoms with Crippen molar-refractivity contribution in [3.8, 4) is 0 Å². The van der Waals surface area contributed by atoms with E-state index in [4.69, 9.17) is 0 Å². The average Bonchev–Trinajstić information content (AvgIpc) is 3.15. The Bertz CT molecular complexity index is 971. The number of hydrogen-bond donors (Lipinski definition) is 1. The highest BCUT2D eigenvalue weighted by molar-refractivity contribution is 5.81. The first-order chi connectivity index (χ1) is 14.1. The number of rotatable bonds is 10. The van der Waals surface area contributed by atoms with Crippen LogP contribution in [0.4, 0.5) is 11.4 Å². The minimum atomic E-state index is -0.432. The first-order valence-corrected chi connectivity index (χ1v) is 9.75. The Morgan fingerprint density at radius 1 is 1.24 bits per heavy atom. The van der Waals surface area contributed by atoms with Crippen molar-refractivity contribution in [3.05, 3.63) is 64.8 Å². The lowest BCUT2D eigenvalue weighted by molar-refractivity contribution is -0.384. The molecule has 3 aromatic rings. The molecule has 0 radical (unpaired) electrons. The van der Waals surface area contributed by atoms with Crippen molar-refractivity contribution in [1.29, 1.82) is 0 Å². The van der Waals surface area contributed by atoms with Gasteiger partial charge >= 0.3 is 0 Å². The lowest BCUT2D eigenvalue weighted by Gasteiger charge is -2.23. The van der Waals surface area contributed by atoms with E-state index in [2.05, 4.69) is 34.4 Å². The van der Waals surface area contributed by atoms with Gasteiger partial charge in [-0.25, -0.2) is 0 Å². The molecule has 0 bridgehead atoms. The number of para-hydroxylation sites is 1. The molecule has 0 unspecified atom stereocenters. The summed E-state index contributed by atoms with van der Waals surface area (Å²) in [7, 11) is 0. The Hall–Kier alpha value is -3.42. The molecule has 8 nitrogen and oxygen atoms in total. The highest BCUT2D eigenvalue weighted by Crippen LogP contribution is 2.20. The van der Waals surface area contributed by atoms with E-state index < -0.39 is 4.92 Å². The summed E-state index contributed by atoms with van der Waals surface area (Å²) in [4.78, 5) is 25.0. The zero-order valence-electron chi connectivity index (χ0n) is 16.5. The predicted octanol–water partition coefficient (Wildman–Crippen LogP) is 3.37. The molecule has 8 heteroatoms. The van der Waals surface area contributed by atoms with Crippen molar-refractivity contribution in [3.63, 3.8) is 0 Å². The van der Waals surface area contributed by atoms with Crippen LogP contribution in [0.5, 0.6) is 0 Å². The molecular weight excluding hydrogens is 370 g/mol. The first-order valence-electron chi connectivity index (χ1n) is 9.75.